The number of benzene rings is 1. The Morgan fingerprint density at radius 3 is 2.04 bits per heavy atom. The molecule has 0 radical (unpaired) electrons. The van der Waals surface area contributed by atoms with E-state index in [-0.39, 0.29) is 6.07 Å². The second-order valence-electron chi connectivity index (χ2n) is 3.96. The van der Waals surface area contributed by atoms with Gasteiger partial charge in [-0.3, -0.25) is 4.79 Å². The summed E-state index contributed by atoms with van der Waals surface area (Å²) in [6.45, 7) is 0. The molecule has 0 bridgehead atoms. The van der Waals surface area contributed by atoms with Gasteiger partial charge in [-0.25, -0.2) is 4.31 Å². The lowest BCUT2D eigenvalue weighted by molar-refractivity contribution is -0.138. The molecule has 1 aromatic rings. The first-order chi connectivity index (χ1) is 10.7. The Hall–Kier alpha value is -1.11. The van der Waals surface area contributed by atoms with Crippen LogP contribution in [0.2, 0.25) is 0 Å². The molecule has 14 heteroatoms. The highest BCUT2D eigenvalue weighted by Crippen LogP contribution is 2.47. The third kappa shape index (κ3) is 5.46. The first-order valence-corrected chi connectivity index (χ1v) is 6.96. The fourth-order valence-corrected chi connectivity index (χ4v) is 2.44. The molecule has 0 saturated heterocycles. The minimum atomic E-state index is -5.36. The van der Waals surface area contributed by atoms with Crippen LogP contribution in [0.5, 0.6) is 0 Å². The van der Waals surface area contributed by atoms with E-state index in [0.717, 1.165) is 0 Å². The Labute approximate surface area is 143 Å². The van der Waals surface area contributed by atoms with Crippen molar-refractivity contribution in [2.45, 2.75) is 16.4 Å². The van der Waals surface area contributed by atoms with Crippen molar-refractivity contribution in [3.8, 4) is 0 Å². The predicted molar refractivity (Wildman–Crippen MR) is 73.9 cm³/mol. The van der Waals surface area contributed by atoms with Gasteiger partial charge in [0, 0.05) is 11.9 Å². The average Bonchev–Trinajstić information content (AvgIpc) is 2.40. The molecule has 0 aliphatic carbocycles. The number of nitrogens with one attached hydrogen (secondary N) is 1. The van der Waals surface area contributed by atoms with Crippen LogP contribution in [0.3, 0.4) is 0 Å². The largest absolute Gasteiger partial charge is 0.759 e. The monoisotopic (exact) mass is 419 g/mol. The van der Waals surface area contributed by atoms with Crippen molar-refractivity contribution in [2.75, 3.05) is 4.31 Å². The Morgan fingerprint density at radius 1 is 1.12 bits per heavy atom. The zero-order valence-corrected chi connectivity index (χ0v) is 13.1. The molecule has 0 atom stereocenters. The molecule has 0 unspecified atom stereocenters. The van der Waals surface area contributed by atoms with E-state index in [1.54, 1.807) is 0 Å². The van der Waals surface area contributed by atoms with E-state index in [0.29, 0.717) is 17.6 Å². The molecule has 24 heavy (non-hydrogen) atoms. The van der Waals surface area contributed by atoms with Crippen molar-refractivity contribution in [1.29, 1.82) is 0 Å². The predicted octanol–water partition coefficient (Wildman–Crippen LogP) is 4.97. The zero-order valence-electron chi connectivity index (χ0n) is 10.8. The Kier molecular flexibility index (Phi) is 6.12. The highest BCUT2D eigenvalue weighted by Gasteiger charge is 2.45. The molecule has 0 spiro atoms. The lowest BCUT2D eigenvalue weighted by atomic mass is 10.1. The first-order valence-electron chi connectivity index (χ1n) is 5.43. The van der Waals surface area contributed by atoms with E-state index in [2.05, 4.69) is 0 Å². The third-order valence-corrected chi connectivity index (χ3v) is 3.53. The lowest BCUT2D eigenvalue weighted by Gasteiger charge is -2.28. The Balaban J connectivity index is 3.50. The zero-order chi connectivity index (χ0) is 18.9. The summed E-state index contributed by atoms with van der Waals surface area (Å²) in [6.07, 6.45) is -10.6. The van der Waals surface area contributed by atoms with E-state index in [4.69, 9.17) is 23.2 Å². The summed E-state index contributed by atoms with van der Waals surface area (Å²) in [5.74, 6) is -1.71. The minimum Gasteiger partial charge on any atom is -0.759 e. The second-order valence-corrected chi connectivity index (χ2v) is 6.75. The molecular formula is C10H4Cl2F7N2O2S-. The number of hydrogen-bond donors (Lipinski definition) is 1. The molecule has 0 aliphatic heterocycles. The number of carbonyl (C=O) groups excluding carboxylic acids is 1. The van der Waals surface area contributed by atoms with E-state index < -0.39 is 55.4 Å². The highest BCUT2D eigenvalue weighted by atomic mass is 35.5. The van der Waals surface area contributed by atoms with Gasteiger partial charge in [0.25, 0.3) is 0 Å². The van der Waals surface area contributed by atoms with Crippen molar-refractivity contribution in [3.05, 3.63) is 34.5 Å². The van der Waals surface area contributed by atoms with Crippen LogP contribution in [-0.2, 0) is 6.18 Å². The third-order valence-electron chi connectivity index (χ3n) is 2.31. The number of halogens is 9. The van der Waals surface area contributed by atoms with Crippen LogP contribution in [0, 0.1) is 5.21 Å². The molecule has 4 nitrogen and oxygen atoms in total. The fraction of sp³-hybridized carbons (Fsp3) is 0.300. The normalized spacial score (nSPS) is 12.9. The SMILES string of the molecule is O=C(N[O-])c1ccc(N(SC(F)(Cl)Cl)C(F)(F)F)cc1C(F)(F)F. The quantitative estimate of drug-likeness (QED) is 0.246. The average molecular weight is 420 g/mol. The molecular weight excluding hydrogens is 416 g/mol. The molecule has 0 heterocycles. The van der Waals surface area contributed by atoms with Crippen molar-refractivity contribution in [3.63, 3.8) is 0 Å². The number of hydroxylamine groups is 1. The van der Waals surface area contributed by atoms with E-state index in [1.165, 1.54) is 0 Å². The van der Waals surface area contributed by atoms with Gasteiger partial charge in [0.15, 0.2) is 0 Å². The van der Waals surface area contributed by atoms with E-state index in [1.807, 2.05) is 0 Å². The lowest BCUT2D eigenvalue weighted by Crippen LogP contribution is -2.34. The molecule has 0 fully saturated rings. The molecule has 0 saturated carbocycles. The van der Waals surface area contributed by atoms with E-state index >= 15 is 0 Å². The first kappa shape index (κ1) is 20.9. The Morgan fingerprint density at radius 2 is 1.67 bits per heavy atom. The smallest absolute Gasteiger partial charge is 0.495 e. The number of carbonyl (C=O) groups is 1. The van der Waals surface area contributed by atoms with Gasteiger partial charge in [0.1, 0.15) is 0 Å². The van der Waals surface area contributed by atoms with Crippen molar-refractivity contribution < 1.29 is 35.5 Å². The van der Waals surface area contributed by atoms with Crippen LogP contribution in [0.4, 0.5) is 36.4 Å². The van der Waals surface area contributed by atoms with Crippen LogP contribution in [0.25, 0.3) is 0 Å². The fourth-order valence-electron chi connectivity index (χ4n) is 1.50. The summed E-state index contributed by atoms with van der Waals surface area (Å²) in [7, 11) is 0. The van der Waals surface area contributed by atoms with Crippen molar-refractivity contribution >= 4 is 46.7 Å². The number of hydrogen-bond acceptors (Lipinski definition) is 4. The van der Waals surface area contributed by atoms with Gasteiger partial charge in [-0.2, -0.15) is 17.6 Å². The second kappa shape index (κ2) is 7.02. The van der Waals surface area contributed by atoms with Crippen LogP contribution < -0.4 is 9.79 Å². The van der Waals surface area contributed by atoms with Gasteiger partial charge in [-0.1, -0.05) is 23.2 Å². The summed E-state index contributed by atoms with van der Waals surface area (Å²) in [5, 5.41) is 10.2. The molecule has 0 aromatic heterocycles. The molecule has 1 N–H and O–H groups in total. The number of amides is 1. The molecule has 1 amide bonds. The summed E-state index contributed by atoms with van der Waals surface area (Å²) < 4.78 is 86.1. The van der Waals surface area contributed by atoms with Crippen molar-refractivity contribution in [2.24, 2.45) is 0 Å². The summed E-state index contributed by atoms with van der Waals surface area (Å²) in [5.41, 5.74) is -3.59. The summed E-state index contributed by atoms with van der Waals surface area (Å²) >= 11 is 8.76. The van der Waals surface area contributed by atoms with Gasteiger partial charge in [0.2, 0.25) is 5.91 Å². The van der Waals surface area contributed by atoms with E-state index in [9.17, 15) is 40.7 Å². The Bertz CT molecular complexity index is 619. The van der Waals surface area contributed by atoms with Gasteiger partial charge < -0.3 is 10.7 Å². The van der Waals surface area contributed by atoms with Crippen LogP contribution in [0.1, 0.15) is 15.9 Å². The van der Waals surface area contributed by atoms with Gasteiger partial charge in [-0.05, 0) is 18.2 Å². The maximum absolute atomic E-state index is 13.1. The topological polar surface area (TPSA) is 55.4 Å². The number of rotatable bonds is 4. The van der Waals surface area contributed by atoms with Crippen LogP contribution in [-0.4, -0.2) is 16.1 Å². The number of alkyl halides is 9. The standard InChI is InChI=1S/C10H4Cl2F7N2O2S/c11-9(12,16)24-21(10(17,18)19)4-1-2-5(7(22)20-23)6(3-4)8(13,14)15/h1-3H,(H-,20,22,23)/q-1. The number of anilines is 1. The van der Waals surface area contributed by atoms with Crippen LogP contribution in [0.15, 0.2) is 18.2 Å². The van der Waals surface area contributed by atoms with Crippen molar-refractivity contribution in [1.82, 2.24) is 5.48 Å². The maximum atomic E-state index is 13.1. The molecule has 1 rings (SSSR count). The summed E-state index contributed by atoms with van der Waals surface area (Å²) in [4.78, 5) is 11.1. The molecule has 1 aromatic carbocycles. The highest BCUT2D eigenvalue weighted by molar-refractivity contribution is 8.04. The maximum Gasteiger partial charge on any atom is 0.495 e. The number of nitrogens with zero attached hydrogens (tertiary/aromatic N) is 1. The molecule has 136 valence electrons. The van der Waals surface area contributed by atoms with Gasteiger partial charge in [-0.15, -0.1) is 13.2 Å². The van der Waals surface area contributed by atoms with Crippen LogP contribution >= 0.6 is 35.1 Å². The minimum absolute atomic E-state index is 0.0927. The van der Waals surface area contributed by atoms with Gasteiger partial charge >= 0.3 is 16.4 Å². The molecule has 0 aliphatic rings. The van der Waals surface area contributed by atoms with Gasteiger partial charge in [0.05, 0.1) is 16.8 Å². The summed E-state index contributed by atoms with van der Waals surface area (Å²) in [6, 6.07) is 0.650.